The minimum atomic E-state index is 0.155. The van der Waals surface area contributed by atoms with Crippen LogP contribution in [0.3, 0.4) is 0 Å². The molecule has 3 heteroatoms. The molecular weight excluding hydrogens is 176 g/mol. The third-order valence-corrected chi connectivity index (χ3v) is 3.42. The standard InChI is InChI=1S/C11H24N2O/c1-4-11(3,9-12)13-6-5-7-14-10(2)8-13/h10H,4-9,12H2,1-3H3. The Kier molecular flexibility index (Phi) is 4.35. The Labute approximate surface area is 87.6 Å². The van der Waals surface area contributed by atoms with Crippen LogP contribution in [0.1, 0.15) is 33.6 Å². The van der Waals surface area contributed by atoms with Crippen molar-refractivity contribution in [3.8, 4) is 0 Å². The summed E-state index contributed by atoms with van der Waals surface area (Å²) in [4.78, 5) is 2.49. The molecule has 2 N–H and O–H groups in total. The molecule has 3 nitrogen and oxygen atoms in total. The van der Waals surface area contributed by atoms with Gasteiger partial charge in [-0.2, -0.15) is 0 Å². The molecule has 0 aliphatic carbocycles. The summed E-state index contributed by atoms with van der Waals surface area (Å²) in [6.07, 6.45) is 2.57. The second-order valence-corrected chi connectivity index (χ2v) is 4.54. The van der Waals surface area contributed by atoms with Gasteiger partial charge in [0, 0.05) is 31.8 Å². The highest BCUT2D eigenvalue weighted by Gasteiger charge is 2.30. The van der Waals surface area contributed by atoms with Crippen molar-refractivity contribution < 1.29 is 4.74 Å². The summed E-state index contributed by atoms with van der Waals surface area (Å²) in [5.74, 6) is 0. The van der Waals surface area contributed by atoms with Gasteiger partial charge in [-0.05, 0) is 26.7 Å². The van der Waals surface area contributed by atoms with Crippen LogP contribution in [0, 0.1) is 0 Å². The molecule has 84 valence electrons. The van der Waals surface area contributed by atoms with Gasteiger partial charge in [-0.15, -0.1) is 0 Å². The van der Waals surface area contributed by atoms with Crippen molar-refractivity contribution in [1.29, 1.82) is 0 Å². The molecule has 0 aromatic rings. The predicted molar refractivity (Wildman–Crippen MR) is 59.4 cm³/mol. The van der Waals surface area contributed by atoms with E-state index in [1.165, 1.54) is 0 Å². The highest BCUT2D eigenvalue weighted by atomic mass is 16.5. The van der Waals surface area contributed by atoms with E-state index in [4.69, 9.17) is 10.5 Å². The zero-order valence-corrected chi connectivity index (χ0v) is 9.75. The maximum atomic E-state index is 5.86. The van der Waals surface area contributed by atoms with E-state index in [-0.39, 0.29) is 5.54 Å². The quantitative estimate of drug-likeness (QED) is 0.744. The Morgan fingerprint density at radius 2 is 2.29 bits per heavy atom. The summed E-state index contributed by atoms with van der Waals surface area (Å²) >= 11 is 0. The van der Waals surface area contributed by atoms with Crippen molar-refractivity contribution in [2.24, 2.45) is 5.73 Å². The summed E-state index contributed by atoms with van der Waals surface area (Å²) in [5, 5.41) is 0. The Morgan fingerprint density at radius 1 is 1.57 bits per heavy atom. The molecule has 0 amide bonds. The molecule has 0 aromatic carbocycles. The Bertz CT molecular complexity index is 169. The largest absolute Gasteiger partial charge is 0.377 e. The first-order valence-electron chi connectivity index (χ1n) is 5.69. The summed E-state index contributed by atoms with van der Waals surface area (Å²) in [6, 6.07) is 0. The van der Waals surface area contributed by atoms with Crippen LogP contribution in [-0.4, -0.2) is 42.8 Å². The first-order chi connectivity index (χ1) is 6.62. The van der Waals surface area contributed by atoms with Crippen LogP contribution in [0.25, 0.3) is 0 Å². The fourth-order valence-electron chi connectivity index (χ4n) is 1.98. The molecule has 1 aliphatic heterocycles. The van der Waals surface area contributed by atoms with E-state index in [1.54, 1.807) is 0 Å². The van der Waals surface area contributed by atoms with Crippen LogP contribution >= 0.6 is 0 Å². The van der Waals surface area contributed by atoms with Crippen molar-refractivity contribution in [2.45, 2.75) is 45.3 Å². The normalized spacial score (nSPS) is 29.6. The molecule has 1 rings (SSSR count). The zero-order valence-electron chi connectivity index (χ0n) is 9.75. The summed E-state index contributed by atoms with van der Waals surface area (Å²) in [5.41, 5.74) is 6.02. The molecular formula is C11H24N2O. The van der Waals surface area contributed by atoms with E-state index < -0.39 is 0 Å². The molecule has 14 heavy (non-hydrogen) atoms. The highest BCUT2D eigenvalue weighted by Crippen LogP contribution is 2.20. The maximum Gasteiger partial charge on any atom is 0.0674 e. The highest BCUT2D eigenvalue weighted by molar-refractivity contribution is 4.87. The van der Waals surface area contributed by atoms with Gasteiger partial charge in [0.05, 0.1) is 6.10 Å². The number of hydrogen-bond acceptors (Lipinski definition) is 3. The van der Waals surface area contributed by atoms with Gasteiger partial charge in [0.1, 0.15) is 0 Å². The first kappa shape index (κ1) is 12.0. The van der Waals surface area contributed by atoms with Crippen molar-refractivity contribution >= 4 is 0 Å². The molecule has 1 heterocycles. The van der Waals surface area contributed by atoms with Crippen LogP contribution in [0.15, 0.2) is 0 Å². The third kappa shape index (κ3) is 2.69. The van der Waals surface area contributed by atoms with Crippen LogP contribution in [0.5, 0.6) is 0 Å². The lowest BCUT2D eigenvalue weighted by Gasteiger charge is -2.40. The third-order valence-electron chi connectivity index (χ3n) is 3.42. The Morgan fingerprint density at radius 3 is 2.86 bits per heavy atom. The lowest BCUT2D eigenvalue weighted by Crippen LogP contribution is -2.53. The number of rotatable bonds is 3. The van der Waals surface area contributed by atoms with E-state index in [2.05, 4.69) is 25.7 Å². The summed E-state index contributed by atoms with van der Waals surface area (Å²) in [6.45, 7) is 10.4. The van der Waals surface area contributed by atoms with Gasteiger partial charge in [-0.25, -0.2) is 0 Å². The number of ether oxygens (including phenoxy) is 1. The molecule has 1 fully saturated rings. The fourth-order valence-corrected chi connectivity index (χ4v) is 1.98. The monoisotopic (exact) mass is 200 g/mol. The molecule has 0 saturated carbocycles. The minimum absolute atomic E-state index is 0.155. The smallest absolute Gasteiger partial charge is 0.0674 e. The van der Waals surface area contributed by atoms with Gasteiger partial charge in [-0.3, -0.25) is 4.90 Å². The lowest BCUT2D eigenvalue weighted by atomic mass is 9.96. The summed E-state index contributed by atoms with van der Waals surface area (Å²) < 4.78 is 5.63. The molecule has 0 bridgehead atoms. The van der Waals surface area contributed by atoms with Crippen molar-refractivity contribution in [3.05, 3.63) is 0 Å². The van der Waals surface area contributed by atoms with Crippen LogP contribution < -0.4 is 5.73 Å². The second kappa shape index (κ2) is 5.10. The van der Waals surface area contributed by atoms with Crippen LogP contribution in [-0.2, 0) is 4.74 Å². The molecule has 1 aliphatic rings. The van der Waals surface area contributed by atoms with E-state index in [9.17, 15) is 0 Å². The Balaban J connectivity index is 2.63. The van der Waals surface area contributed by atoms with Gasteiger partial charge < -0.3 is 10.5 Å². The number of hydrogen-bond donors (Lipinski definition) is 1. The SMILES string of the molecule is CCC(C)(CN)N1CCCOC(C)C1. The predicted octanol–water partition coefficient (Wildman–Crippen LogP) is 1.22. The van der Waals surface area contributed by atoms with Gasteiger partial charge in [0.15, 0.2) is 0 Å². The minimum Gasteiger partial charge on any atom is -0.377 e. The molecule has 0 radical (unpaired) electrons. The van der Waals surface area contributed by atoms with Gasteiger partial charge in [0.2, 0.25) is 0 Å². The van der Waals surface area contributed by atoms with Gasteiger partial charge >= 0.3 is 0 Å². The van der Waals surface area contributed by atoms with Crippen molar-refractivity contribution in [3.63, 3.8) is 0 Å². The number of nitrogens with two attached hydrogens (primary N) is 1. The van der Waals surface area contributed by atoms with E-state index in [0.717, 1.165) is 39.1 Å². The number of nitrogens with zero attached hydrogens (tertiary/aromatic N) is 1. The van der Waals surface area contributed by atoms with Crippen molar-refractivity contribution in [2.75, 3.05) is 26.2 Å². The van der Waals surface area contributed by atoms with E-state index in [0.29, 0.717) is 6.10 Å². The molecule has 0 spiro atoms. The van der Waals surface area contributed by atoms with Gasteiger partial charge in [0.25, 0.3) is 0 Å². The van der Waals surface area contributed by atoms with Crippen LogP contribution in [0.4, 0.5) is 0 Å². The average molecular weight is 200 g/mol. The maximum absolute atomic E-state index is 5.86. The molecule has 2 atom stereocenters. The topological polar surface area (TPSA) is 38.5 Å². The van der Waals surface area contributed by atoms with E-state index >= 15 is 0 Å². The average Bonchev–Trinajstić information content (AvgIpc) is 2.42. The Hall–Kier alpha value is -0.120. The van der Waals surface area contributed by atoms with Crippen LogP contribution in [0.2, 0.25) is 0 Å². The zero-order chi connectivity index (χ0) is 10.6. The lowest BCUT2D eigenvalue weighted by molar-refractivity contribution is 0.0418. The molecule has 0 aromatic heterocycles. The van der Waals surface area contributed by atoms with Crippen molar-refractivity contribution in [1.82, 2.24) is 4.90 Å². The first-order valence-corrected chi connectivity index (χ1v) is 5.69. The van der Waals surface area contributed by atoms with Gasteiger partial charge in [-0.1, -0.05) is 6.92 Å². The molecule has 1 saturated heterocycles. The molecule has 2 unspecified atom stereocenters. The summed E-state index contributed by atoms with van der Waals surface area (Å²) in [7, 11) is 0. The van der Waals surface area contributed by atoms with E-state index in [1.807, 2.05) is 0 Å². The fraction of sp³-hybridized carbons (Fsp3) is 1.00. The second-order valence-electron chi connectivity index (χ2n) is 4.54.